The zero-order valence-corrected chi connectivity index (χ0v) is 24.6. The summed E-state index contributed by atoms with van der Waals surface area (Å²) in [5.41, 5.74) is 0.689. The topological polar surface area (TPSA) is 35.5 Å². The normalized spacial score (nSPS) is 17.3. The number of carbonyl (C=O) groups excluding carboxylic acids is 1. The number of aryl methyl sites for hydroxylation is 1. The summed E-state index contributed by atoms with van der Waals surface area (Å²) in [6, 6.07) is 9.71. The average molecular weight is 555 g/mol. The van der Waals surface area contributed by atoms with Crippen molar-refractivity contribution >= 4 is 5.97 Å². The summed E-state index contributed by atoms with van der Waals surface area (Å²) in [4.78, 5) is 12.5. The molecule has 0 bridgehead atoms. The van der Waals surface area contributed by atoms with Crippen molar-refractivity contribution < 1.29 is 23.0 Å². The number of rotatable bonds is 17. The Morgan fingerprint density at radius 3 is 2.27 bits per heavy atom. The van der Waals surface area contributed by atoms with E-state index in [0.29, 0.717) is 18.3 Å². The summed E-state index contributed by atoms with van der Waals surface area (Å²) in [5.74, 6) is -1.58. The van der Waals surface area contributed by atoms with E-state index in [1.807, 2.05) is 12.1 Å². The zero-order valence-electron chi connectivity index (χ0n) is 24.6. The van der Waals surface area contributed by atoms with Crippen LogP contribution in [0.5, 0.6) is 11.5 Å². The molecule has 0 spiro atoms. The Kier molecular flexibility index (Phi) is 14.2. The van der Waals surface area contributed by atoms with Gasteiger partial charge in [-0.25, -0.2) is 9.18 Å². The van der Waals surface area contributed by atoms with Crippen molar-refractivity contribution in [2.24, 2.45) is 11.8 Å². The highest BCUT2D eigenvalue weighted by atomic mass is 19.2. The van der Waals surface area contributed by atoms with Crippen LogP contribution in [0.3, 0.4) is 0 Å². The number of hydrogen-bond donors (Lipinski definition) is 0. The van der Waals surface area contributed by atoms with Crippen LogP contribution in [0.2, 0.25) is 0 Å². The van der Waals surface area contributed by atoms with Crippen molar-refractivity contribution in [2.75, 3.05) is 6.61 Å². The molecule has 0 aliphatic heterocycles. The summed E-state index contributed by atoms with van der Waals surface area (Å²) in [6.45, 7) is 4.72. The van der Waals surface area contributed by atoms with Gasteiger partial charge in [0.25, 0.3) is 0 Å². The Labute approximate surface area is 240 Å². The van der Waals surface area contributed by atoms with E-state index in [-0.39, 0.29) is 5.75 Å². The maximum absolute atomic E-state index is 14.6. The van der Waals surface area contributed by atoms with Crippen molar-refractivity contribution in [1.82, 2.24) is 0 Å². The van der Waals surface area contributed by atoms with Crippen LogP contribution in [0.15, 0.2) is 48.6 Å². The first-order valence-electron chi connectivity index (χ1n) is 15.6. The van der Waals surface area contributed by atoms with Crippen LogP contribution in [-0.2, 0) is 6.42 Å². The molecular formula is C35H48F2O3. The van der Waals surface area contributed by atoms with Crippen LogP contribution in [0.1, 0.15) is 120 Å². The van der Waals surface area contributed by atoms with E-state index in [4.69, 9.17) is 9.47 Å². The van der Waals surface area contributed by atoms with Gasteiger partial charge in [0, 0.05) is 0 Å². The summed E-state index contributed by atoms with van der Waals surface area (Å²) in [5, 5.41) is 0. The molecule has 2 aromatic rings. The van der Waals surface area contributed by atoms with Crippen LogP contribution in [0.25, 0.3) is 0 Å². The second-order valence-corrected chi connectivity index (χ2v) is 11.3. The molecule has 1 aliphatic carbocycles. The van der Waals surface area contributed by atoms with E-state index in [0.717, 1.165) is 56.4 Å². The molecule has 220 valence electrons. The summed E-state index contributed by atoms with van der Waals surface area (Å²) >= 11 is 0. The molecule has 1 saturated carbocycles. The van der Waals surface area contributed by atoms with Crippen LogP contribution in [0.4, 0.5) is 8.78 Å². The highest BCUT2D eigenvalue weighted by Gasteiger charge is 2.21. The summed E-state index contributed by atoms with van der Waals surface area (Å²) < 4.78 is 39.8. The van der Waals surface area contributed by atoms with Gasteiger partial charge in [-0.2, -0.15) is 4.39 Å². The molecule has 0 radical (unpaired) electrons. The molecule has 0 aromatic heterocycles. The standard InChI is InChI=1S/C35H48F2O3/c1-3-5-7-8-12-26-39-32-25-24-31(33(36)34(32)37)35(38)40-30-22-20-29(21-23-30)15-11-10-14-28-18-16-27(17-19-28)13-9-6-4-2/h10,14,20-25,27-28H,3-9,11-13,15-19,26H2,1-2H3/b14-10+/t27-,28-. The highest BCUT2D eigenvalue weighted by molar-refractivity contribution is 5.91. The maximum Gasteiger partial charge on any atom is 0.346 e. The van der Waals surface area contributed by atoms with Crippen molar-refractivity contribution in [3.05, 3.63) is 71.3 Å². The molecular weight excluding hydrogens is 506 g/mol. The van der Waals surface area contributed by atoms with Gasteiger partial charge in [-0.05, 0) is 86.6 Å². The van der Waals surface area contributed by atoms with Gasteiger partial charge < -0.3 is 9.47 Å². The van der Waals surface area contributed by atoms with Crippen molar-refractivity contribution in [3.8, 4) is 11.5 Å². The SMILES string of the molecule is CCCCCCCOc1ccc(C(=O)Oc2ccc(CC/C=C/[C@H]3CC[C@H](CCCCC)CC3)cc2)c(F)c1F. The quantitative estimate of drug-likeness (QED) is 0.0844. The highest BCUT2D eigenvalue weighted by Crippen LogP contribution is 2.33. The lowest BCUT2D eigenvalue weighted by Crippen LogP contribution is -2.13. The molecule has 1 fully saturated rings. The van der Waals surface area contributed by atoms with Gasteiger partial charge in [0.1, 0.15) is 5.75 Å². The molecule has 1 aliphatic rings. The third-order valence-electron chi connectivity index (χ3n) is 8.02. The Morgan fingerprint density at radius 2 is 1.55 bits per heavy atom. The number of benzene rings is 2. The first-order chi connectivity index (χ1) is 19.5. The molecule has 0 unspecified atom stereocenters. The Morgan fingerprint density at radius 1 is 0.850 bits per heavy atom. The van der Waals surface area contributed by atoms with Crippen LogP contribution in [0, 0.1) is 23.5 Å². The van der Waals surface area contributed by atoms with Crippen molar-refractivity contribution in [2.45, 2.75) is 110 Å². The second kappa shape index (κ2) is 17.9. The van der Waals surface area contributed by atoms with Gasteiger partial charge in [-0.1, -0.05) is 89.5 Å². The number of hydrogen-bond acceptors (Lipinski definition) is 3. The number of carbonyl (C=O) groups is 1. The lowest BCUT2D eigenvalue weighted by Gasteiger charge is -2.26. The van der Waals surface area contributed by atoms with E-state index in [1.54, 1.807) is 12.1 Å². The fraction of sp³-hybridized carbons (Fsp3) is 0.571. The molecule has 0 N–H and O–H groups in total. The van der Waals surface area contributed by atoms with Crippen molar-refractivity contribution in [3.63, 3.8) is 0 Å². The summed E-state index contributed by atoms with van der Waals surface area (Å²) in [6.07, 6.45) is 22.5. The molecule has 5 heteroatoms. The monoisotopic (exact) mass is 554 g/mol. The van der Waals surface area contributed by atoms with Gasteiger partial charge in [0.05, 0.1) is 12.2 Å². The van der Waals surface area contributed by atoms with Gasteiger partial charge in [-0.15, -0.1) is 0 Å². The Balaban J connectivity index is 1.39. The van der Waals surface area contributed by atoms with E-state index < -0.39 is 23.2 Å². The molecule has 0 amide bonds. The van der Waals surface area contributed by atoms with E-state index in [2.05, 4.69) is 26.0 Å². The zero-order chi connectivity index (χ0) is 28.6. The number of halogens is 2. The smallest absolute Gasteiger partial charge is 0.346 e. The number of allylic oxidation sites excluding steroid dienone is 2. The van der Waals surface area contributed by atoms with Gasteiger partial charge >= 0.3 is 5.97 Å². The van der Waals surface area contributed by atoms with Crippen LogP contribution < -0.4 is 9.47 Å². The van der Waals surface area contributed by atoms with E-state index in [9.17, 15) is 13.6 Å². The fourth-order valence-electron chi connectivity index (χ4n) is 5.47. The first kappa shape index (κ1) is 31.8. The molecule has 0 saturated heterocycles. The van der Waals surface area contributed by atoms with Gasteiger partial charge in [-0.3, -0.25) is 0 Å². The van der Waals surface area contributed by atoms with E-state index >= 15 is 0 Å². The van der Waals surface area contributed by atoms with Crippen LogP contribution >= 0.6 is 0 Å². The average Bonchev–Trinajstić information content (AvgIpc) is 2.97. The van der Waals surface area contributed by atoms with Crippen molar-refractivity contribution in [1.29, 1.82) is 0 Å². The van der Waals surface area contributed by atoms with Gasteiger partial charge in [0.2, 0.25) is 5.82 Å². The number of esters is 1. The minimum absolute atomic E-state index is 0.182. The maximum atomic E-state index is 14.6. The minimum Gasteiger partial charge on any atom is -0.490 e. The van der Waals surface area contributed by atoms with E-state index in [1.165, 1.54) is 63.5 Å². The first-order valence-corrected chi connectivity index (χ1v) is 15.6. The fourth-order valence-corrected chi connectivity index (χ4v) is 5.47. The summed E-state index contributed by atoms with van der Waals surface area (Å²) in [7, 11) is 0. The predicted octanol–water partition coefficient (Wildman–Crippen LogP) is 10.4. The molecule has 40 heavy (non-hydrogen) atoms. The third kappa shape index (κ3) is 10.7. The molecule has 0 atom stereocenters. The lowest BCUT2D eigenvalue weighted by atomic mass is 9.79. The van der Waals surface area contributed by atoms with Gasteiger partial charge in [0.15, 0.2) is 11.6 Å². The molecule has 2 aromatic carbocycles. The third-order valence-corrected chi connectivity index (χ3v) is 8.02. The Bertz CT molecular complexity index is 1040. The molecule has 3 rings (SSSR count). The molecule has 3 nitrogen and oxygen atoms in total. The number of ether oxygens (including phenoxy) is 2. The van der Waals surface area contributed by atoms with Crippen LogP contribution in [-0.4, -0.2) is 12.6 Å². The predicted molar refractivity (Wildman–Crippen MR) is 159 cm³/mol. The molecule has 0 heterocycles. The largest absolute Gasteiger partial charge is 0.490 e. The minimum atomic E-state index is -1.25. The number of unbranched alkanes of at least 4 members (excludes halogenated alkanes) is 6. The second-order valence-electron chi connectivity index (χ2n) is 11.3. The Hall–Kier alpha value is -2.69. The lowest BCUT2D eigenvalue weighted by molar-refractivity contribution is 0.0728.